The van der Waals surface area contributed by atoms with Gasteiger partial charge in [0.05, 0.1) is 25.4 Å². The third kappa shape index (κ3) is 58.7. The summed E-state index contributed by atoms with van der Waals surface area (Å²) < 4.78 is 5.46. The molecule has 0 spiro atoms. The Labute approximate surface area is 454 Å². The van der Waals surface area contributed by atoms with E-state index in [1.807, 2.05) is 6.08 Å². The summed E-state index contributed by atoms with van der Waals surface area (Å²) in [6, 6.07) is -0.638. The molecule has 0 bridgehead atoms. The zero-order valence-electron chi connectivity index (χ0n) is 48.6. The first-order valence-electron chi connectivity index (χ1n) is 32.1. The highest BCUT2D eigenvalue weighted by Crippen LogP contribution is 2.17. The lowest BCUT2D eigenvalue weighted by molar-refractivity contribution is -0.143. The fourth-order valence-corrected chi connectivity index (χ4v) is 9.60. The van der Waals surface area contributed by atoms with Crippen LogP contribution < -0.4 is 5.32 Å². The minimum Gasteiger partial charge on any atom is -0.466 e. The van der Waals surface area contributed by atoms with Gasteiger partial charge in [-0.15, -0.1) is 0 Å². The number of esters is 1. The first-order chi connectivity index (χ1) is 36.0. The van der Waals surface area contributed by atoms with Crippen LogP contribution in [0.15, 0.2) is 60.8 Å². The molecule has 0 saturated heterocycles. The molecule has 0 aromatic heterocycles. The van der Waals surface area contributed by atoms with E-state index in [9.17, 15) is 19.8 Å². The average molecular weight is 1020 g/mol. The second-order valence-electron chi connectivity index (χ2n) is 21.8. The van der Waals surface area contributed by atoms with Gasteiger partial charge in [0.15, 0.2) is 0 Å². The van der Waals surface area contributed by atoms with Crippen LogP contribution in [0.5, 0.6) is 0 Å². The van der Waals surface area contributed by atoms with Crippen molar-refractivity contribution in [3.05, 3.63) is 60.8 Å². The van der Waals surface area contributed by atoms with Crippen LogP contribution in [0.4, 0.5) is 0 Å². The quantitative estimate of drug-likeness (QED) is 0.0244. The summed E-state index contributed by atoms with van der Waals surface area (Å²) in [5.41, 5.74) is 0. The summed E-state index contributed by atoms with van der Waals surface area (Å²) in [6.45, 7) is 4.85. The van der Waals surface area contributed by atoms with Crippen LogP contribution in [-0.2, 0) is 14.3 Å². The van der Waals surface area contributed by atoms with E-state index in [0.717, 1.165) is 83.5 Å². The number of ether oxygens (including phenoxy) is 1. The maximum absolute atomic E-state index is 12.5. The molecule has 0 aliphatic heterocycles. The topological polar surface area (TPSA) is 95.9 Å². The number of carbonyl (C=O) groups is 2. The van der Waals surface area contributed by atoms with Gasteiger partial charge in [0.2, 0.25) is 5.91 Å². The van der Waals surface area contributed by atoms with Crippen LogP contribution in [0.2, 0.25) is 0 Å². The number of rotatable bonds is 59. The highest BCUT2D eigenvalue weighted by molar-refractivity contribution is 5.76. The maximum Gasteiger partial charge on any atom is 0.305 e. The van der Waals surface area contributed by atoms with E-state index in [2.05, 4.69) is 67.8 Å². The molecule has 0 rings (SSSR count). The number of aliphatic hydroxyl groups is 2. The van der Waals surface area contributed by atoms with Crippen molar-refractivity contribution in [1.82, 2.24) is 5.32 Å². The van der Waals surface area contributed by atoms with Gasteiger partial charge in [0, 0.05) is 12.8 Å². The molecule has 0 saturated carbocycles. The van der Waals surface area contributed by atoms with Gasteiger partial charge < -0.3 is 20.3 Å². The molecule has 0 aliphatic rings. The molecule has 73 heavy (non-hydrogen) atoms. The Morgan fingerprint density at radius 3 is 1.15 bits per heavy atom. The van der Waals surface area contributed by atoms with Crippen molar-refractivity contribution < 1.29 is 24.5 Å². The van der Waals surface area contributed by atoms with Gasteiger partial charge in [-0.25, -0.2) is 0 Å². The molecule has 0 aromatic rings. The largest absolute Gasteiger partial charge is 0.466 e. The second-order valence-corrected chi connectivity index (χ2v) is 21.8. The molecular weight excluding hydrogens is 899 g/mol. The lowest BCUT2D eigenvalue weighted by atomic mass is 10.0. The Morgan fingerprint density at radius 2 is 0.726 bits per heavy atom. The van der Waals surface area contributed by atoms with Gasteiger partial charge in [-0.3, -0.25) is 9.59 Å². The van der Waals surface area contributed by atoms with Gasteiger partial charge in [-0.05, 0) is 96.3 Å². The highest BCUT2D eigenvalue weighted by Gasteiger charge is 2.18. The fraction of sp³-hybridized carbons (Fsp3) is 0.821. The van der Waals surface area contributed by atoms with E-state index >= 15 is 0 Å². The van der Waals surface area contributed by atoms with Gasteiger partial charge in [-0.2, -0.15) is 0 Å². The predicted octanol–water partition coefficient (Wildman–Crippen LogP) is 20.3. The van der Waals surface area contributed by atoms with Gasteiger partial charge in [0.1, 0.15) is 0 Å². The normalized spacial score (nSPS) is 13.0. The van der Waals surface area contributed by atoms with Crippen LogP contribution in [0.25, 0.3) is 0 Å². The monoisotopic (exact) mass is 1020 g/mol. The molecular formula is C67H123NO5. The fourth-order valence-electron chi connectivity index (χ4n) is 9.60. The zero-order valence-corrected chi connectivity index (χ0v) is 48.6. The molecule has 3 N–H and O–H groups in total. The second kappa shape index (κ2) is 62.1. The molecule has 2 unspecified atom stereocenters. The Bertz CT molecular complexity index is 1270. The van der Waals surface area contributed by atoms with Gasteiger partial charge >= 0.3 is 5.97 Å². The van der Waals surface area contributed by atoms with Crippen LogP contribution in [-0.4, -0.2) is 47.4 Å². The molecule has 2 atom stereocenters. The summed E-state index contributed by atoms with van der Waals surface area (Å²) in [5, 5.41) is 23.2. The van der Waals surface area contributed by atoms with E-state index in [0.29, 0.717) is 19.4 Å². The summed E-state index contributed by atoms with van der Waals surface area (Å²) in [6.07, 6.45) is 81.2. The standard InChI is InChI=1S/C67H123NO5/c1-3-5-7-9-11-13-15-17-19-21-22-24-28-31-35-39-43-47-51-55-59-65(70)64(63-69)68-66(71)60-56-52-48-44-40-36-32-29-25-23-26-30-34-38-42-46-50-54-58-62-73-67(72)61-57-53-49-45-41-37-33-27-20-18-16-14-12-10-8-6-4-2/h12,14,18,20,30,34,38,42,55,59,64-65,69-70H,3-11,13,15-17,19,21-29,31-33,35-37,39-41,43-54,56-58,60-63H2,1-2H3,(H,68,71)/b14-12-,20-18-,34-30-,42-38-,59-55+. The third-order valence-electron chi connectivity index (χ3n) is 14.5. The molecule has 0 radical (unpaired) electrons. The molecule has 0 aromatic carbocycles. The van der Waals surface area contributed by atoms with Crippen molar-refractivity contribution in [1.29, 1.82) is 0 Å². The van der Waals surface area contributed by atoms with Crippen LogP contribution >= 0.6 is 0 Å². The van der Waals surface area contributed by atoms with Crippen molar-refractivity contribution in [2.45, 2.75) is 341 Å². The van der Waals surface area contributed by atoms with E-state index < -0.39 is 12.1 Å². The van der Waals surface area contributed by atoms with Crippen molar-refractivity contribution >= 4 is 11.9 Å². The lowest BCUT2D eigenvalue weighted by Crippen LogP contribution is -2.45. The third-order valence-corrected chi connectivity index (χ3v) is 14.5. The summed E-state index contributed by atoms with van der Waals surface area (Å²) >= 11 is 0. The van der Waals surface area contributed by atoms with Crippen LogP contribution in [0, 0.1) is 0 Å². The summed E-state index contributed by atoms with van der Waals surface area (Å²) in [4.78, 5) is 24.6. The zero-order chi connectivity index (χ0) is 52.9. The van der Waals surface area contributed by atoms with Gasteiger partial charge in [-0.1, -0.05) is 280 Å². The van der Waals surface area contributed by atoms with Crippen molar-refractivity contribution in [3.63, 3.8) is 0 Å². The number of amides is 1. The first-order valence-corrected chi connectivity index (χ1v) is 32.1. The molecule has 6 heteroatoms. The number of allylic oxidation sites excluding steroid dienone is 9. The lowest BCUT2D eigenvalue weighted by Gasteiger charge is -2.20. The van der Waals surface area contributed by atoms with E-state index in [1.165, 1.54) is 218 Å². The number of hydrogen-bond donors (Lipinski definition) is 3. The first kappa shape index (κ1) is 70.6. The summed E-state index contributed by atoms with van der Waals surface area (Å²) in [7, 11) is 0. The Balaban J connectivity index is 3.51. The van der Waals surface area contributed by atoms with Crippen LogP contribution in [0.3, 0.4) is 0 Å². The minimum absolute atomic E-state index is 0.0221. The molecule has 0 fully saturated rings. The Hall–Kier alpha value is -2.44. The number of nitrogens with one attached hydrogen (secondary N) is 1. The highest BCUT2D eigenvalue weighted by atomic mass is 16.5. The minimum atomic E-state index is -0.854. The SMILES string of the molecule is CCCCC/C=C\C/C=C\CCCCCCCCCC(=O)OCCCCC/C=C\C=C/CCCCCCCCCCCCC(=O)NC(CO)C(O)/C=C/CCCCCCCCCCCCCCCCCCCC. The Kier molecular flexibility index (Phi) is 60.0. The van der Waals surface area contributed by atoms with Crippen molar-refractivity contribution in [2.24, 2.45) is 0 Å². The van der Waals surface area contributed by atoms with Crippen molar-refractivity contribution in [2.75, 3.05) is 13.2 Å². The smallest absolute Gasteiger partial charge is 0.305 e. The average Bonchev–Trinajstić information content (AvgIpc) is 3.39. The van der Waals surface area contributed by atoms with E-state index in [-0.39, 0.29) is 18.5 Å². The number of unbranched alkanes of at least 4 members (excludes halogenated alkanes) is 41. The maximum atomic E-state index is 12.5. The number of carbonyl (C=O) groups excluding carboxylic acids is 2. The number of hydrogen-bond acceptors (Lipinski definition) is 5. The molecule has 0 aliphatic carbocycles. The molecule has 426 valence electrons. The van der Waals surface area contributed by atoms with Gasteiger partial charge in [0.25, 0.3) is 0 Å². The summed E-state index contributed by atoms with van der Waals surface area (Å²) in [5.74, 6) is -0.0988. The van der Waals surface area contributed by atoms with E-state index in [4.69, 9.17) is 4.74 Å². The molecule has 0 heterocycles. The Morgan fingerprint density at radius 1 is 0.397 bits per heavy atom. The predicted molar refractivity (Wildman–Crippen MR) is 319 cm³/mol. The number of aliphatic hydroxyl groups excluding tert-OH is 2. The molecule has 6 nitrogen and oxygen atoms in total. The van der Waals surface area contributed by atoms with Crippen molar-refractivity contribution in [3.8, 4) is 0 Å². The van der Waals surface area contributed by atoms with E-state index in [1.54, 1.807) is 6.08 Å². The molecule has 1 amide bonds. The van der Waals surface area contributed by atoms with Crippen LogP contribution in [0.1, 0.15) is 328 Å².